The van der Waals surface area contributed by atoms with E-state index in [4.69, 9.17) is 23.9 Å². The van der Waals surface area contributed by atoms with Crippen molar-refractivity contribution >= 4 is 48.0 Å². The quantitative estimate of drug-likeness (QED) is 0.165. The molecular weight excluding hydrogens is 698 g/mol. The summed E-state index contributed by atoms with van der Waals surface area (Å²) in [6.45, 7) is 23.4. The summed E-state index contributed by atoms with van der Waals surface area (Å²) in [6.07, 6.45) is 5.27. The second-order valence-corrected chi connectivity index (χ2v) is 22.6. The fourth-order valence-electron chi connectivity index (χ4n) is 8.00. The van der Waals surface area contributed by atoms with Gasteiger partial charge >= 0.3 is 12.1 Å². The Hall–Kier alpha value is -4.22. The first-order valence-electron chi connectivity index (χ1n) is 19.4. The Morgan fingerprint density at radius 3 is 2.33 bits per heavy atom. The van der Waals surface area contributed by atoms with Crippen LogP contribution in [0.3, 0.4) is 0 Å². The minimum Gasteiger partial charge on any atom is -0.543 e. The number of hydrogen-bond acceptors (Lipinski definition) is 8. The predicted molar refractivity (Wildman–Crippen MR) is 219 cm³/mol. The van der Waals surface area contributed by atoms with Crippen molar-refractivity contribution in [2.45, 2.75) is 109 Å². The predicted octanol–water partition coefficient (Wildman–Crippen LogP) is 9.68. The van der Waals surface area contributed by atoms with Crippen molar-refractivity contribution in [1.82, 2.24) is 19.8 Å². The first-order chi connectivity index (χ1) is 25.4. The number of carbonyl (C=O) groups is 1. The number of amides is 1. The van der Waals surface area contributed by atoms with Gasteiger partial charge in [-0.15, -0.1) is 0 Å². The van der Waals surface area contributed by atoms with Crippen LogP contribution in [0.4, 0.5) is 15.0 Å². The molecule has 0 aliphatic carbocycles. The summed E-state index contributed by atoms with van der Waals surface area (Å²) < 4.78 is 36.7. The van der Waals surface area contributed by atoms with Gasteiger partial charge in [0.15, 0.2) is 5.82 Å². The highest BCUT2D eigenvalue weighted by molar-refractivity contribution is 6.74. The Morgan fingerprint density at radius 2 is 1.70 bits per heavy atom. The summed E-state index contributed by atoms with van der Waals surface area (Å²) >= 11 is 0. The number of halogens is 1. The Balaban J connectivity index is 1.36. The van der Waals surface area contributed by atoms with Crippen LogP contribution in [0.15, 0.2) is 49.0 Å². The highest BCUT2D eigenvalue weighted by atomic mass is 28.4. The summed E-state index contributed by atoms with van der Waals surface area (Å²) in [6, 6.07) is 14.3. The van der Waals surface area contributed by atoms with E-state index in [-0.39, 0.29) is 40.8 Å². The van der Waals surface area contributed by atoms with Crippen LogP contribution >= 0.6 is 0 Å². The highest BCUT2D eigenvalue weighted by Crippen LogP contribution is 2.44. The van der Waals surface area contributed by atoms with E-state index in [1.807, 2.05) is 62.1 Å². The van der Waals surface area contributed by atoms with Crippen LogP contribution in [-0.4, -0.2) is 91.2 Å². The molecular formula is C43H56FN5O4Si. The number of aromatic nitrogens is 2. The van der Waals surface area contributed by atoms with Gasteiger partial charge in [-0.3, -0.25) is 4.90 Å². The van der Waals surface area contributed by atoms with Crippen molar-refractivity contribution in [1.29, 1.82) is 0 Å². The first-order valence-corrected chi connectivity index (χ1v) is 22.3. The number of fused-ring (bicyclic) bond motifs is 4. The van der Waals surface area contributed by atoms with E-state index >= 15 is 4.39 Å². The smallest absolute Gasteiger partial charge is 0.410 e. The van der Waals surface area contributed by atoms with Gasteiger partial charge in [0.2, 0.25) is 8.32 Å². The van der Waals surface area contributed by atoms with Crippen LogP contribution in [0.2, 0.25) is 18.1 Å². The molecule has 0 saturated carbocycles. The lowest BCUT2D eigenvalue weighted by Gasteiger charge is -2.42. The van der Waals surface area contributed by atoms with Crippen LogP contribution in [0, 0.1) is 5.82 Å². The minimum absolute atomic E-state index is 0.0197. The van der Waals surface area contributed by atoms with E-state index in [1.54, 1.807) is 6.08 Å². The third-order valence-corrected chi connectivity index (χ3v) is 16.2. The number of piperazine rings is 1. The number of hydrogen-bond donors (Lipinski definition) is 0. The van der Waals surface area contributed by atoms with Crippen molar-refractivity contribution < 1.29 is 23.1 Å². The van der Waals surface area contributed by atoms with Crippen molar-refractivity contribution in [2.24, 2.45) is 0 Å². The molecule has 4 heterocycles. The molecule has 54 heavy (non-hydrogen) atoms. The number of ether oxygens (including phenoxy) is 2. The van der Waals surface area contributed by atoms with Gasteiger partial charge in [0.25, 0.3) is 0 Å². The fourth-order valence-corrected chi connectivity index (χ4v) is 9.01. The maximum atomic E-state index is 17.7. The molecule has 9 nitrogen and oxygen atoms in total. The monoisotopic (exact) mass is 753 g/mol. The molecule has 0 spiro atoms. The van der Waals surface area contributed by atoms with Crippen LogP contribution in [0.25, 0.3) is 38.9 Å². The van der Waals surface area contributed by atoms with Crippen molar-refractivity contribution in [2.75, 3.05) is 38.2 Å². The van der Waals surface area contributed by atoms with Gasteiger partial charge in [-0.05, 0) is 118 Å². The topological polar surface area (TPSA) is 80.3 Å². The average Bonchev–Trinajstić information content (AvgIpc) is 3.63. The number of rotatable bonds is 8. The number of nitrogens with zero attached hydrogens (tertiary/aromatic N) is 5. The molecule has 1 amide bonds. The van der Waals surface area contributed by atoms with Gasteiger partial charge in [0, 0.05) is 30.1 Å². The molecule has 0 N–H and O–H groups in total. The first kappa shape index (κ1) is 38.1. The number of benzene rings is 3. The van der Waals surface area contributed by atoms with Crippen molar-refractivity contribution in [3.63, 3.8) is 0 Å². The van der Waals surface area contributed by atoms with Gasteiger partial charge < -0.3 is 23.7 Å². The minimum atomic E-state index is -2.22. The second-order valence-electron chi connectivity index (χ2n) is 17.9. The summed E-state index contributed by atoms with van der Waals surface area (Å²) in [5.74, 6) is 0.860. The Kier molecular flexibility index (Phi) is 9.96. The van der Waals surface area contributed by atoms with Crippen LogP contribution < -0.4 is 14.1 Å². The fraction of sp³-hybridized carbons (Fsp3) is 0.512. The number of likely N-dealkylation sites (N-methyl/N-ethyl adjacent to an activating group) is 1. The van der Waals surface area contributed by atoms with E-state index in [0.717, 1.165) is 54.3 Å². The van der Waals surface area contributed by atoms with E-state index in [2.05, 4.69) is 63.4 Å². The molecule has 0 radical (unpaired) electrons. The van der Waals surface area contributed by atoms with Gasteiger partial charge in [-0.1, -0.05) is 57.7 Å². The Bertz CT molecular complexity index is 2080. The molecule has 3 fully saturated rings. The molecule has 1 aromatic heterocycles. The van der Waals surface area contributed by atoms with E-state index < -0.39 is 19.7 Å². The molecule has 3 aliphatic heterocycles. The number of carbonyl (C=O) groups excluding carboxylic acids is 1. The molecule has 288 valence electrons. The zero-order valence-electron chi connectivity index (χ0n) is 33.5. The van der Waals surface area contributed by atoms with Gasteiger partial charge in [-0.2, -0.15) is 9.97 Å². The van der Waals surface area contributed by atoms with E-state index in [0.29, 0.717) is 42.0 Å². The van der Waals surface area contributed by atoms with Gasteiger partial charge in [0.05, 0.1) is 12.1 Å². The number of likely N-dealkylation sites (tertiary alicyclic amines) is 1. The van der Waals surface area contributed by atoms with Gasteiger partial charge in [0.1, 0.15) is 29.3 Å². The lowest BCUT2D eigenvalue weighted by Crippen LogP contribution is -2.57. The third kappa shape index (κ3) is 7.29. The Labute approximate surface area is 320 Å². The van der Waals surface area contributed by atoms with Crippen LogP contribution in [0.1, 0.15) is 72.8 Å². The zero-order valence-corrected chi connectivity index (χ0v) is 34.5. The van der Waals surface area contributed by atoms with Gasteiger partial charge in [-0.25, -0.2) is 9.18 Å². The summed E-state index contributed by atoms with van der Waals surface area (Å²) in [7, 11) is -0.118. The molecule has 3 aromatic carbocycles. The van der Waals surface area contributed by atoms with E-state index in [9.17, 15) is 4.79 Å². The average molecular weight is 754 g/mol. The van der Waals surface area contributed by atoms with Crippen LogP contribution in [-0.2, 0) is 4.74 Å². The standard InChI is InChI=1S/C43H56FN5O4Si/c1-11-27-22-35-38(37(44)36(27)34-23-32(53-54(9,10)43(5,6)7)21-28-15-12-13-17-33(28)34)45-40(51-26-31-16-14-20-47(31)8)46-39(35)48-24-29-18-19-30(25-48)49(29)41(50)52-42(2,3)4/h11-13,15,17,21-23,29-31H,1,14,16,18-20,24-26H2,2-10H3/t29?,30?,31-/m0/s1. The molecule has 2 bridgehead atoms. The Morgan fingerprint density at radius 1 is 1.00 bits per heavy atom. The molecule has 7 rings (SSSR count). The second kappa shape index (κ2) is 14.1. The lowest BCUT2D eigenvalue weighted by molar-refractivity contribution is 0.0122. The zero-order chi connectivity index (χ0) is 38.7. The summed E-state index contributed by atoms with van der Waals surface area (Å²) in [5, 5.41) is 2.43. The maximum absolute atomic E-state index is 17.7. The van der Waals surface area contributed by atoms with Crippen LogP contribution in [0.5, 0.6) is 11.8 Å². The number of anilines is 1. The molecule has 2 unspecified atom stereocenters. The molecule has 3 atom stereocenters. The molecule has 4 aromatic rings. The highest BCUT2D eigenvalue weighted by Gasteiger charge is 2.45. The summed E-state index contributed by atoms with van der Waals surface area (Å²) in [5.41, 5.74) is 1.37. The van der Waals surface area contributed by atoms with Crippen molar-refractivity contribution in [3.05, 3.63) is 60.4 Å². The lowest BCUT2D eigenvalue weighted by atomic mass is 9.92. The van der Waals surface area contributed by atoms with Crippen molar-refractivity contribution in [3.8, 4) is 22.9 Å². The molecule has 3 aliphatic rings. The summed E-state index contributed by atoms with van der Waals surface area (Å²) in [4.78, 5) is 29.5. The maximum Gasteiger partial charge on any atom is 0.410 e. The third-order valence-electron chi connectivity index (χ3n) is 11.9. The molecule has 11 heteroatoms. The normalized spacial score (nSPS) is 20.9. The molecule has 3 saturated heterocycles. The largest absolute Gasteiger partial charge is 0.543 e. The SMILES string of the molecule is C=Cc1cc2c(N3CC4CCC(C3)N4C(=O)OC(C)(C)C)nc(OC[C@@H]3CCCN3C)nc2c(F)c1-c1cc(O[Si](C)(C)C(C)(C)C)cc2ccccc12. The van der Waals surface area contributed by atoms with E-state index in [1.165, 1.54) is 0 Å².